The molecule has 0 aliphatic carbocycles. The summed E-state index contributed by atoms with van der Waals surface area (Å²) in [5, 5.41) is 23.4. The zero-order chi connectivity index (χ0) is 17.0. The summed E-state index contributed by atoms with van der Waals surface area (Å²) in [6.07, 6.45) is 3.39. The van der Waals surface area contributed by atoms with Crippen molar-refractivity contribution in [2.75, 3.05) is 0 Å². The molecule has 2 aromatic heterocycles. The lowest BCUT2D eigenvalue weighted by Gasteiger charge is -2.06. The minimum absolute atomic E-state index is 0.0142. The standard InChI is InChI=1S/C14H12N4O5/c1-9-3-5-23-14(9)13(20)11(6-15)12(19)2-4-17-8-10(7-16-17)18(21)22/h3,5,7-8,11H,2,4H2,1H3/t11-/m0/s1. The van der Waals surface area contributed by atoms with Gasteiger partial charge < -0.3 is 4.42 Å². The van der Waals surface area contributed by atoms with Gasteiger partial charge in [-0.1, -0.05) is 0 Å². The number of hydrogen-bond acceptors (Lipinski definition) is 7. The molecule has 2 aromatic rings. The molecule has 9 nitrogen and oxygen atoms in total. The Balaban J connectivity index is 2.03. The molecular formula is C14H12N4O5. The molecule has 0 saturated heterocycles. The number of furan rings is 1. The van der Waals surface area contributed by atoms with E-state index in [4.69, 9.17) is 9.68 Å². The maximum atomic E-state index is 12.2. The van der Waals surface area contributed by atoms with E-state index in [1.807, 2.05) is 0 Å². The van der Waals surface area contributed by atoms with Crippen LogP contribution in [0.2, 0.25) is 0 Å². The number of hydrogen-bond donors (Lipinski definition) is 0. The van der Waals surface area contributed by atoms with Gasteiger partial charge in [-0.15, -0.1) is 0 Å². The Morgan fingerprint density at radius 3 is 2.83 bits per heavy atom. The van der Waals surface area contributed by atoms with Crippen molar-refractivity contribution >= 4 is 17.3 Å². The molecule has 0 amide bonds. The van der Waals surface area contributed by atoms with E-state index >= 15 is 0 Å². The van der Waals surface area contributed by atoms with Gasteiger partial charge in [-0.2, -0.15) is 10.4 Å². The van der Waals surface area contributed by atoms with Gasteiger partial charge in [0.1, 0.15) is 12.4 Å². The average Bonchev–Trinajstić information content (AvgIpc) is 3.14. The number of nitriles is 1. The third-order valence-corrected chi connectivity index (χ3v) is 3.22. The second-order valence-electron chi connectivity index (χ2n) is 4.79. The quantitative estimate of drug-likeness (QED) is 0.328. The Morgan fingerprint density at radius 2 is 2.30 bits per heavy atom. The number of carbonyl (C=O) groups excluding carboxylic acids is 2. The van der Waals surface area contributed by atoms with Gasteiger partial charge in [0.25, 0.3) is 0 Å². The van der Waals surface area contributed by atoms with Gasteiger partial charge in [-0.25, -0.2) is 0 Å². The van der Waals surface area contributed by atoms with Gasteiger partial charge in [0.05, 0.1) is 17.3 Å². The second-order valence-corrected chi connectivity index (χ2v) is 4.79. The summed E-state index contributed by atoms with van der Waals surface area (Å²) in [5.41, 5.74) is 0.349. The third kappa shape index (κ3) is 3.49. The predicted octanol–water partition coefficient (Wildman–Crippen LogP) is 1.67. The molecule has 0 aliphatic heterocycles. The molecule has 0 aromatic carbocycles. The van der Waals surface area contributed by atoms with Gasteiger partial charge in [0, 0.05) is 13.0 Å². The van der Waals surface area contributed by atoms with Gasteiger partial charge in [0.2, 0.25) is 5.78 Å². The van der Waals surface area contributed by atoms with Gasteiger partial charge in [-0.3, -0.25) is 24.4 Å². The fraction of sp³-hybridized carbons (Fsp3) is 0.286. The zero-order valence-electron chi connectivity index (χ0n) is 12.1. The lowest BCUT2D eigenvalue weighted by Crippen LogP contribution is -2.24. The molecule has 0 fully saturated rings. The predicted molar refractivity (Wildman–Crippen MR) is 75.4 cm³/mol. The Hall–Kier alpha value is -3.28. The molecular weight excluding hydrogens is 304 g/mol. The van der Waals surface area contributed by atoms with Crippen molar-refractivity contribution in [2.45, 2.75) is 19.9 Å². The van der Waals surface area contributed by atoms with Crippen molar-refractivity contribution < 1.29 is 18.9 Å². The number of rotatable bonds is 7. The van der Waals surface area contributed by atoms with E-state index in [9.17, 15) is 19.7 Å². The highest BCUT2D eigenvalue weighted by Crippen LogP contribution is 2.17. The first-order valence-corrected chi connectivity index (χ1v) is 6.61. The van der Waals surface area contributed by atoms with E-state index in [0.717, 1.165) is 6.20 Å². The molecule has 23 heavy (non-hydrogen) atoms. The van der Waals surface area contributed by atoms with Crippen molar-refractivity contribution in [2.24, 2.45) is 5.92 Å². The Bertz CT molecular complexity index is 798. The Labute approximate surface area is 130 Å². The molecule has 0 radical (unpaired) electrons. The molecule has 0 aliphatic rings. The zero-order valence-corrected chi connectivity index (χ0v) is 12.1. The highest BCUT2D eigenvalue weighted by molar-refractivity contribution is 6.12. The van der Waals surface area contributed by atoms with Crippen LogP contribution in [0.3, 0.4) is 0 Å². The SMILES string of the molecule is Cc1ccoc1C(=O)[C@@H](C#N)C(=O)CCn1cc([N+](=O)[O-])cn1. The van der Waals surface area contributed by atoms with Crippen LogP contribution in [0.4, 0.5) is 5.69 Å². The van der Waals surface area contributed by atoms with Crippen LogP contribution in [-0.2, 0) is 11.3 Å². The second kappa shape index (κ2) is 6.65. The van der Waals surface area contributed by atoms with E-state index in [1.54, 1.807) is 19.1 Å². The Morgan fingerprint density at radius 1 is 1.57 bits per heavy atom. The maximum absolute atomic E-state index is 12.2. The molecule has 1 atom stereocenters. The van der Waals surface area contributed by atoms with Crippen molar-refractivity contribution in [3.8, 4) is 6.07 Å². The lowest BCUT2D eigenvalue weighted by atomic mass is 9.95. The van der Waals surface area contributed by atoms with Crippen molar-refractivity contribution in [3.05, 3.63) is 46.2 Å². The van der Waals surface area contributed by atoms with Crippen molar-refractivity contribution in [3.63, 3.8) is 0 Å². The first-order valence-electron chi connectivity index (χ1n) is 6.61. The third-order valence-electron chi connectivity index (χ3n) is 3.22. The Kier molecular flexibility index (Phi) is 4.66. The average molecular weight is 316 g/mol. The molecule has 2 heterocycles. The van der Waals surface area contributed by atoms with Crippen LogP contribution in [0, 0.1) is 34.3 Å². The number of Topliss-reactive ketones (excluding diaryl/α,β-unsaturated/α-hetero) is 2. The fourth-order valence-corrected chi connectivity index (χ4v) is 1.97. The topological polar surface area (TPSA) is 132 Å². The summed E-state index contributed by atoms with van der Waals surface area (Å²) in [5.74, 6) is -2.76. The molecule has 0 bridgehead atoms. The minimum Gasteiger partial charge on any atom is -0.461 e. The number of carbonyl (C=O) groups is 2. The highest BCUT2D eigenvalue weighted by atomic mass is 16.6. The van der Waals surface area contributed by atoms with Crippen LogP contribution in [0.25, 0.3) is 0 Å². The molecule has 9 heteroatoms. The molecule has 0 N–H and O–H groups in total. The van der Waals surface area contributed by atoms with Gasteiger partial charge in [0.15, 0.2) is 17.5 Å². The minimum atomic E-state index is -1.47. The van der Waals surface area contributed by atoms with Crippen molar-refractivity contribution in [1.82, 2.24) is 9.78 Å². The summed E-state index contributed by atoms with van der Waals surface area (Å²) in [6.45, 7) is 1.67. The molecule has 2 rings (SSSR count). The maximum Gasteiger partial charge on any atom is 0.306 e. The lowest BCUT2D eigenvalue weighted by molar-refractivity contribution is -0.385. The summed E-state index contributed by atoms with van der Waals surface area (Å²) in [4.78, 5) is 34.2. The number of nitrogens with zero attached hydrogens (tertiary/aromatic N) is 4. The van der Waals surface area contributed by atoms with Gasteiger partial charge >= 0.3 is 5.69 Å². The molecule has 118 valence electrons. The normalized spacial score (nSPS) is 11.7. The summed E-state index contributed by atoms with van der Waals surface area (Å²) in [6, 6.07) is 3.24. The number of aryl methyl sites for hydroxylation is 2. The van der Waals surface area contributed by atoms with Crippen molar-refractivity contribution in [1.29, 1.82) is 5.26 Å². The molecule has 0 saturated carbocycles. The molecule has 0 unspecified atom stereocenters. The van der Waals surface area contributed by atoms with Crippen LogP contribution in [0.5, 0.6) is 0 Å². The van der Waals surface area contributed by atoms with E-state index < -0.39 is 22.4 Å². The molecule has 0 spiro atoms. The van der Waals surface area contributed by atoms with Crippen LogP contribution in [0.1, 0.15) is 22.5 Å². The first-order chi connectivity index (χ1) is 10.9. The number of nitro groups is 1. The number of aromatic nitrogens is 2. The van der Waals surface area contributed by atoms with Crippen LogP contribution in [-0.4, -0.2) is 26.3 Å². The van der Waals surface area contributed by atoms with E-state index in [0.29, 0.717) is 5.56 Å². The van der Waals surface area contributed by atoms with E-state index in [-0.39, 0.29) is 24.4 Å². The van der Waals surface area contributed by atoms with Gasteiger partial charge in [-0.05, 0) is 18.6 Å². The van der Waals surface area contributed by atoms with Crippen LogP contribution >= 0.6 is 0 Å². The van der Waals surface area contributed by atoms with Crippen LogP contribution in [0.15, 0.2) is 29.1 Å². The monoisotopic (exact) mass is 316 g/mol. The van der Waals surface area contributed by atoms with E-state index in [2.05, 4.69) is 5.10 Å². The highest BCUT2D eigenvalue weighted by Gasteiger charge is 2.30. The summed E-state index contributed by atoms with van der Waals surface area (Å²) in [7, 11) is 0. The first kappa shape index (κ1) is 16.1. The number of ketones is 2. The summed E-state index contributed by atoms with van der Waals surface area (Å²) >= 11 is 0. The summed E-state index contributed by atoms with van der Waals surface area (Å²) < 4.78 is 6.22. The smallest absolute Gasteiger partial charge is 0.306 e. The fourth-order valence-electron chi connectivity index (χ4n) is 1.97. The van der Waals surface area contributed by atoms with E-state index in [1.165, 1.54) is 17.1 Å². The van der Waals surface area contributed by atoms with Crippen LogP contribution < -0.4 is 0 Å². The largest absolute Gasteiger partial charge is 0.461 e.